The van der Waals surface area contributed by atoms with Crippen molar-refractivity contribution in [1.29, 1.82) is 0 Å². The Kier molecular flexibility index (Phi) is 5.47. The third kappa shape index (κ3) is 4.06. The Bertz CT molecular complexity index is 374. The molecule has 0 aromatic carbocycles. The van der Waals surface area contributed by atoms with Crippen molar-refractivity contribution in [2.45, 2.75) is 65.3 Å². The van der Waals surface area contributed by atoms with Crippen LogP contribution in [0.3, 0.4) is 0 Å². The van der Waals surface area contributed by atoms with Gasteiger partial charge in [-0.1, -0.05) is 20.8 Å². The lowest BCUT2D eigenvalue weighted by atomic mass is 9.74. The summed E-state index contributed by atoms with van der Waals surface area (Å²) in [5.41, 5.74) is 6.46. The van der Waals surface area contributed by atoms with Crippen LogP contribution in [0.1, 0.15) is 56.2 Å². The van der Waals surface area contributed by atoms with Gasteiger partial charge in [0.15, 0.2) is 0 Å². The third-order valence-corrected chi connectivity index (χ3v) is 6.12. The zero-order chi connectivity index (χ0) is 13.8. The van der Waals surface area contributed by atoms with Crippen molar-refractivity contribution in [3.63, 3.8) is 0 Å². The van der Waals surface area contributed by atoms with Crippen LogP contribution in [0, 0.1) is 17.8 Å². The van der Waals surface area contributed by atoms with Crippen molar-refractivity contribution >= 4 is 11.3 Å². The molecule has 0 amide bonds. The van der Waals surface area contributed by atoms with E-state index >= 15 is 0 Å². The molecule has 1 aliphatic carbocycles. The van der Waals surface area contributed by atoms with E-state index in [4.69, 9.17) is 5.73 Å². The van der Waals surface area contributed by atoms with Gasteiger partial charge >= 0.3 is 0 Å². The van der Waals surface area contributed by atoms with Crippen molar-refractivity contribution < 1.29 is 0 Å². The van der Waals surface area contributed by atoms with Gasteiger partial charge in [-0.2, -0.15) is 0 Å². The molecule has 2 N–H and O–H groups in total. The summed E-state index contributed by atoms with van der Waals surface area (Å²) in [5, 5.41) is 0. The monoisotopic (exact) mass is 279 g/mol. The van der Waals surface area contributed by atoms with Crippen molar-refractivity contribution in [1.82, 2.24) is 0 Å². The molecule has 1 nitrogen and oxygen atoms in total. The summed E-state index contributed by atoms with van der Waals surface area (Å²) in [6, 6.07) is 4.92. The molecule has 0 radical (unpaired) electrons. The highest BCUT2D eigenvalue weighted by atomic mass is 32.1. The second-order valence-corrected chi connectivity index (χ2v) is 7.76. The van der Waals surface area contributed by atoms with Crippen LogP contribution >= 0.6 is 11.3 Å². The molecular weight excluding hydrogens is 250 g/mol. The molecule has 1 unspecified atom stereocenters. The molecule has 2 heteroatoms. The second kappa shape index (κ2) is 6.90. The fourth-order valence-corrected chi connectivity index (χ4v) is 4.39. The Hall–Kier alpha value is -0.340. The van der Waals surface area contributed by atoms with Gasteiger partial charge in [0.1, 0.15) is 0 Å². The standard InChI is InChI=1S/C17H29NS/c1-4-15-9-10-16(19-15)11-17(18)14-7-5-13(6-8-14)12(2)3/h9-10,12-14,17H,4-8,11,18H2,1-3H3. The van der Waals surface area contributed by atoms with E-state index in [9.17, 15) is 0 Å². The summed E-state index contributed by atoms with van der Waals surface area (Å²) < 4.78 is 0. The molecular formula is C17H29NS. The number of hydrogen-bond acceptors (Lipinski definition) is 2. The first-order valence-corrected chi connectivity index (χ1v) is 8.75. The van der Waals surface area contributed by atoms with Crippen molar-refractivity contribution in [3.05, 3.63) is 21.9 Å². The summed E-state index contributed by atoms with van der Waals surface area (Å²) in [5.74, 6) is 2.54. The van der Waals surface area contributed by atoms with E-state index in [0.29, 0.717) is 6.04 Å². The Morgan fingerprint density at radius 2 is 1.68 bits per heavy atom. The lowest BCUT2D eigenvalue weighted by Crippen LogP contribution is -2.35. The van der Waals surface area contributed by atoms with E-state index in [2.05, 4.69) is 32.9 Å². The molecule has 1 heterocycles. The largest absolute Gasteiger partial charge is 0.327 e. The summed E-state index contributed by atoms with van der Waals surface area (Å²) in [7, 11) is 0. The van der Waals surface area contributed by atoms with Gasteiger partial charge in [-0.3, -0.25) is 0 Å². The predicted molar refractivity (Wildman–Crippen MR) is 85.7 cm³/mol. The SMILES string of the molecule is CCc1ccc(CC(N)C2CCC(C(C)C)CC2)s1. The summed E-state index contributed by atoms with van der Waals surface area (Å²) in [6.07, 6.45) is 7.70. The molecule has 1 aliphatic rings. The highest BCUT2D eigenvalue weighted by molar-refractivity contribution is 7.11. The smallest absolute Gasteiger partial charge is 0.0116 e. The number of nitrogens with two attached hydrogens (primary N) is 1. The van der Waals surface area contributed by atoms with Crippen LogP contribution in [-0.2, 0) is 12.8 Å². The quantitative estimate of drug-likeness (QED) is 0.834. The van der Waals surface area contributed by atoms with E-state index in [1.165, 1.54) is 35.4 Å². The van der Waals surface area contributed by atoms with Crippen LogP contribution in [0.15, 0.2) is 12.1 Å². The minimum atomic E-state index is 0.372. The van der Waals surface area contributed by atoms with Crippen LogP contribution in [0.4, 0.5) is 0 Å². The minimum Gasteiger partial charge on any atom is -0.327 e. The molecule has 0 spiro atoms. The minimum absolute atomic E-state index is 0.372. The molecule has 2 rings (SSSR count). The first-order valence-electron chi connectivity index (χ1n) is 7.93. The summed E-state index contributed by atoms with van der Waals surface area (Å²) in [4.78, 5) is 2.97. The van der Waals surface area contributed by atoms with E-state index in [-0.39, 0.29) is 0 Å². The third-order valence-electron chi connectivity index (χ3n) is 4.87. The average Bonchev–Trinajstić information content (AvgIpc) is 2.86. The van der Waals surface area contributed by atoms with Crippen LogP contribution in [0.25, 0.3) is 0 Å². The first-order chi connectivity index (χ1) is 9.10. The van der Waals surface area contributed by atoms with Gasteiger partial charge in [0.2, 0.25) is 0 Å². The van der Waals surface area contributed by atoms with Gasteiger partial charge in [0.25, 0.3) is 0 Å². The van der Waals surface area contributed by atoms with Gasteiger partial charge < -0.3 is 5.73 Å². The van der Waals surface area contributed by atoms with Gasteiger partial charge in [0, 0.05) is 15.8 Å². The van der Waals surface area contributed by atoms with E-state index in [1.54, 1.807) is 0 Å². The number of rotatable bonds is 5. The fourth-order valence-electron chi connectivity index (χ4n) is 3.36. The lowest BCUT2D eigenvalue weighted by Gasteiger charge is -2.33. The highest BCUT2D eigenvalue weighted by Crippen LogP contribution is 2.35. The maximum atomic E-state index is 6.46. The molecule has 1 aromatic rings. The van der Waals surface area contributed by atoms with Crippen molar-refractivity contribution in [2.75, 3.05) is 0 Å². The topological polar surface area (TPSA) is 26.0 Å². The maximum Gasteiger partial charge on any atom is 0.0116 e. The van der Waals surface area contributed by atoms with Crippen molar-refractivity contribution in [2.24, 2.45) is 23.5 Å². The predicted octanol–water partition coefficient (Wildman–Crippen LogP) is 4.64. The zero-order valence-corrected chi connectivity index (χ0v) is 13.5. The normalized spacial score (nSPS) is 25.7. The molecule has 1 saturated carbocycles. The first kappa shape index (κ1) is 15.1. The molecule has 0 bridgehead atoms. The Morgan fingerprint density at radius 3 is 2.21 bits per heavy atom. The lowest BCUT2D eigenvalue weighted by molar-refractivity contribution is 0.203. The maximum absolute atomic E-state index is 6.46. The summed E-state index contributed by atoms with van der Waals surface area (Å²) in [6.45, 7) is 6.95. The average molecular weight is 279 g/mol. The summed E-state index contributed by atoms with van der Waals surface area (Å²) >= 11 is 1.95. The Morgan fingerprint density at radius 1 is 1.11 bits per heavy atom. The van der Waals surface area contributed by atoms with Gasteiger partial charge in [0.05, 0.1) is 0 Å². The zero-order valence-electron chi connectivity index (χ0n) is 12.7. The molecule has 0 saturated heterocycles. The second-order valence-electron chi connectivity index (χ2n) is 6.51. The number of aryl methyl sites for hydroxylation is 1. The van der Waals surface area contributed by atoms with Crippen LogP contribution in [0.5, 0.6) is 0 Å². The fraction of sp³-hybridized carbons (Fsp3) is 0.765. The van der Waals surface area contributed by atoms with Crippen LogP contribution in [-0.4, -0.2) is 6.04 Å². The van der Waals surface area contributed by atoms with E-state index in [0.717, 1.165) is 30.6 Å². The molecule has 1 aromatic heterocycles. The molecule has 108 valence electrons. The number of thiophene rings is 1. The molecule has 0 aliphatic heterocycles. The van der Waals surface area contributed by atoms with Crippen LogP contribution in [0.2, 0.25) is 0 Å². The molecule has 1 fully saturated rings. The molecule has 19 heavy (non-hydrogen) atoms. The molecule has 1 atom stereocenters. The Labute approximate surface area is 122 Å². The highest BCUT2D eigenvalue weighted by Gasteiger charge is 2.27. The van der Waals surface area contributed by atoms with Crippen LogP contribution < -0.4 is 5.73 Å². The van der Waals surface area contributed by atoms with Gasteiger partial charge in [-0.25, -0.2) is 0 Å². The van der Waals surface area contributed by atoms with E-state index in [1.807, 2.05) is 11.3 Å². The van der Waals surface area contributed by atoms with E-state index < -0.39 is 0 Å². The Balaban J connectivity index is 1.82. The number of hydrogen-bond donors (Lipinski definition) is 1. The van der Waals surface area contributed by atoms with Crippen molar-refractivity contribution in [3.8, 4) is 0 Å². The van der Waals surface area contributed by atoms with Gasteiger partial charge in [-0.15, -0.1) is 11.3 Å². The van der Waals surface area contributed by atoms with Gasteiger partial charge in [-0.05, 0) is 68.4 Å².